The molecule has 1 aromatic carbocycles. The third kappa shape index (κ3) is 1.31. The fourth-order valence-electron chi connectivity index (χ4n) is 1.85. The van der Waals surface area contributed by atoms with E-state index in [9.17, 15) is 5.11 Å². The van der Waals surface area contributed by atoms with E-state index in [0.29, 0.717) is 0 Å². The van der Waals surface area contributed by atoms with Gasteiger partial charge in [-0.1, -0.05) is 18.2 Å². The van der Waals surface area contributed by atoms with Gasteiger partial charge in [0.15, 0.2) is 0 Å². The van der Waals surface area contributed by atoms with E-state index in [2.05, 4.69) is 4.98 Å². The van der Waals surface area contributed by atoms with Crippen molar-refractivity contribution in [2.45, 2.75) is 13.0 Å². The number of rotatable bonds is 2. The summed E-state index contributed by atoms with van der Waals surface area (Å²) in [5, 5.41) is 10.8. The normalized spacial score (nSPS) is 13.4. The van der Waals surface area contributed by atoms with E-state index in [1.165, 1.54) is 0 Å². The van der Waals surface area contributed by atoms with Gasteiger partial charge in [-0.3, -0.25) is 0 Å². The van der Waals surface area contributed by atoms with E-state index in [4.69, 9.17) is 5.73 Å². The van der Waals surface area contributed by atoms with Crippen LogP contribution in [0.25, 0.3) is 10.9 Å². The zero-order chi connectivity index (χ0) is 10.1. The maximum absolute atomic E-state index is 9.75. The van der Waals surface area contributed by atoms with Crippen molar-refractivity contribution in [1.29, 1.82) is 0 Å². The quantitative estimate of drug-likeness (QED) is 0.671. The van der Waals surface area contributed by atoms with Crippen LogP contribution in [0.1, 0.15) is 17.4 Å². The van der Waals surface area contributed by atoms with Crippen LogP contribution in [-0.2, 0) is 0 Å². The highest BCUT2D eigenvalue weighted by Gasteiger charge is 2.14. The lowest BCUT2D eigenvalue weighted by molar-refractivity contribution is 0.187. The molecule has 0 amide bonds. The van der Waals surface area contributed by atoms with Crippen LogP contribution in [0.5, 0.6) is 0 Å². The second-order valence-electron chi connectivity index (χ2n) is 3.46. The van der Waals surface area contributed by atoms with Gasteiger partial charge >= 0.3 is 0 Å². The van der Waals surface area contributed by atoms with Crippen molar-refractivity contribution in [3.63, 3.8) is 0 Å². The van der Waals surface area contributed by atoms with Crippen molar-refractivity contribution in [1.82, 2.24) is 4.98 Å². The molecule has 0 fully saturated rings. The van der Waals surface area contributed by atoms with Gasteiger partial charge in [0.1, 0.15) is 0 Å². The number of nitrogens with two attached hydrogens (primary N) is 1. The molecule has 3 nitrogen and oxygen atoms in total. The standard InChI is InChI=1S/C11H14N2O/c1-7-11(10(14)6-12)8-4-2-3-5-9(8)13-7/h2-5,10,13-14H,6,12H2,1H3. The molecule has 1 aromatic heterocycles. The van der Waals surface area contributed by atoms with Gasteiger partial charge in [-0.05, 0) is 13.0 Å². The molecular weight excluding hydrogens is 176 g/mol. The maximum Gasteiger partial charge on any atom is 0.0935 e. The summed E-state index contributed by atoms with van der Waals surface area (Å²) in [6.45, 7) is 2.21. The summed E-state index contributed by atoms with van der Waals surface area (Å²) in [5.41, 5.74) is 8.42. The van der Waals surface area contributed by atoms with Crippen LogP contribution in [0, 0.1) is 6.92 Å². The Morgan fingerprint density at radius 2 is 2.14 bits per heavy atom. The smallest absolute Gasteiger partial charge is 0.0935 e. The molecular formula is C11H14N2O. The van der Waals surface area contributed by atoms with Gasteiger partial charge in [0.05, 0.1) is 6.10 Å². The lowest BCUT2D eigenvalue weighted by Crippen LogP contribution is -2.12. The van der Waals surface area contributed by atoms with Gasteiger partial charge in [0.25, 0.3) is 0 Å². The fraction of sp³-hybridized carbons (Fsp3) is 0.273. The van der Waals surface area contributed by atoms with Gasteiger partial charge in [-0.25, -0.2) is 0 Å². The minimum atomic E-state index is -0.578. The molecule has 0 aliphatic heterocycles. The van der Waals surface area contributed by atoms with E-state index < -0.39 is 6.10 Å². The minimum absolute atomic E-state index is 0.253. The summed E-state index contributed by atoms with van der Waals surface area (Å²) in [6.07, 6.45) is -0.578. The fourth-order valence-corrected chi connectivity index (χ4v) is 1.85. The molecule has 2 aromatic rings. The summed E-state index contributed by atoms with van der Waals surface area (Å²) >= 11 is 0. The third-order valence-electron chi connectivity index (χ3n) is 2.50. The summed E-state index contributed by atoms with van der Waals surface area (Å²) in [6, 6.07) is 7.92. The van der Waals surface area contributed by atoms with E-state index in [0.717, 1.165) is 22.2 Å². The Morgan fingerprint density at radius 3 is 2.86 bits per heavy atom. The molecule has 0 bridgehead atoms. The second-order valence-corrected chi connectivity index (χ2v) is 3.46. The molecule has 0 spiro atoms. The Labute approximate surface area is 82.6 Å². The van der Waals surface area contributed by atoms with Crippen LogP contribution in [-0.4, -0.2) is 16.6 Å². The number of fused-ring (bicyclic) bond motifs is 1. The summed E-state index contributed by atoms with van der Waals surface area (Å²) < 4.78 is 0. The lowest BCUT2D eigenvalue weighted by Gasteiger charge is -2.07. The highest BCUT2D eigenvalue weighted by Crippen LogP contribution is 2.26. The first-order valence-electron chi connectivity index (χ1n) is 4.69. The van der Waals surface area contributed by atoms with Crippen LogP contribution in [0.4, 0.5) is 0 Å². The first-order valence-corrected chi connectivity index (χ1v) is 4.69. The number of hydrogen-bond donors (Lipinski definition) is 3. The molecule has 1 unspecified atom stereocenters. The average molecular weight is 190 g/mol. The maximum atomic E-state index is 9.75. The van der Waals surface area contributed by atoms with Crippen molar-refractivity contribution in [2.75, 3.05) is 6.54 Å². The Morgan fingerprint density at radius 1 is 1.43 bits per heavy atom. The SMILES string of the molecule is Cc1[nH]c2ccccc2c1C(O)CN. The number of benzene rings is 1. The molecule has 4 N–H and O–H groups in total. The Bertz CT molecular complexity index is 447. The first kappa shape index (κ1) is 9.24. The molecule has 0 saturated heterocycles. The van der Waals surface area contributed by atoms with Gasteiger partial charge in [-0.2, -0.15) is 0 Å². The summed E-state index contributed by atoms with van der Waals surface area (Å²) in [5.74, 6) is 0. The van der Waals surface area contributed by atoms with E-state index in [1.807, 2.05) is 31.2 Å². The highest BCUT2D eigenvalue weighted by molar-refractivity contribution is 5.84. The Hall–Kier alpha value is -1.32. The van der Waals surface area contributed by atoms with Crippen LogP contribution in [0.2, 0.25) is 0 Å². The molecule has 0 aliphatic carbocycles. The molecule has 0 saturated carbocycles. The molecule has 3 heteroatoms. The number of aryl methyl sites for hydroxylation is 1. The first-order chi connectivity index (χ1) is 6.74. The van der Waals surface area contributed by atoms with Gasteiger partial charge in [-0.15, -0.1) is 0 Å². The number of para-hydroxylation sites is 1. The molecule has 1 heterocycles. The van der Waals surface area contributed by atoms with Crippen LogP contribution < -0.4 is 5.73 Å². The number of aromatic nitrogens is 1. The number of aromatic amines is 1. The topological polar surface area (TPSA) is 62.0 Å². The van der Waals surface area contributed by atoms with Crippen molar-refractivity contribution in [3.05, 3.63) is 35.5 Å². The largest absolute Gasteiger partial charge is 0.387 e. The van der Waals surface area contributed by atoms with Crippen LogP contribution in [0.15, 0.2) is 24.3 Å². The highest BCUT2D eigenvalue weighted by atomic mass is 16.3. The zero-order valence-corrected chi connectivity index (χ0v) is 8.12. The molecule has 0 aliphatic rings. The van der Waals surface area contributed by atoms with Crippen molar-refractivity contribution >= 4 is 10.9 Å². The lowest BCUT2D eigenvalue weighted by atomic mass is 10.1. The number of aliphatic hydroxyl groups excluding tert-OH is 1. The number of aliphatic hydroxyl groups is 1. The third-order valence-corrected chi connectivity index (χ3v) is 2.50. The van der Waals surface area contributed by atoms with Gasteiger partial charge < -0.3 is 15.8 Å². The summed E-state index contributed by atoms with van der Waals surface area (Å²) in [7, 11) is 0. The number of hydrogen-bond acceptors (Lipinski definition) is 2. The summed E-state index contributed by atoms with van der Waals surface area (Å²) in [4.78, 5) is 3.23. The zero-order valence-electron chi connectivity index (χ0n) is 8.12. The van der Waals surface area contributed by atoms with Crippen molar-refractivity contribution in [3.8, 4) is 0 Å². The van der Waals surface area contributed by atoms with Crippen molar-refractivity contribution < 1.29 is 5.11 Å². The monoisotopic (exact) mass is 190 g/mol. The molecule has 2 rings (SSSR count). The number of nitrogens with one attached hydrogen (secondary N) is 1. The van der Waals surface area contributed by atoms with E-state index in [-0.39, 0.29) is 6.54 Å². The number of H-pyrrole nitrogens is 1. The minimum Gasteiger partial charge on any atom is -0.387 e. The van der Waals surface area contributed by atoms with Crippen LogP contribution >= 0.6 is 0 Å². The Balaban J connectivity index is 2.67. The molecule has 0 radical (unpaired) electrons. The molecule has 14 heavy (non-hydrogen) atoms. The van der Waals surface area contributed by atoms with Crippen LogP contribution in [0.3, 0.4) is 0 Å². The predicted octanol–water partition coefficient (Wildman–Crippen LogP) is 1.47. The van der Waals surface area contributed by atoms with E-state index in [1.54, 1.807) is 0 Å². The average Bonchev–Trinajstić information content (AvgIpc) is 2.53. The van der Waals surface area contributed by atoms with Gasteiger partial charge in [0, 0.05) is 28.7 Å². The molecule has 74 valence electrons. The Kier molecular flexibility index (Phi) is 2.27. The molecule has 1 atom stereocenters. The second kappa shape index (κ2) is 3.44. The predicted molar refractivity (Wildman–Crippen MR) is 57.0 cm³/mol. The van der Waals surface area contributed by atoms with Gasteiger partial charge in [0.2, 0.25) is 0 Å². The van der Waals surface area contributed by atoms with Crippen molar-refractivity contribution in [2.24, 2.45) is 5.73 Å². The van der Waals surface area contributed by atoms with E-state index >= 15 is 0 Å².